The van der Waals surface area contributed by atoms with Crippen LogP contribution in [0.25, 0.3) is 0 Å². The van der Waals surface area contributed by atoms with E-state index in [0.29, 0.717) is 24.3 Å². The topological polar surface area (TPSA) is 80.7 Å². The van der Waals surface area contributed by atoms with Crippen LogP contribution in [0.1, 0.15) is 11.3 Å². The van der Waals surface area contributed by atoms with E-state index in [-0.39, 0.29) is 5.84 Å². The largest absolute Gasteiger partial charge is 0.492 e. The third-order valence-electron chi connectivity index (χ3n) is 2.67. The number of aromatic nitrogens is 1. The van der Waals surface area contributed by atoms with Gasteiger partial charge in [0, 0.05) is 22.8 Å². The molecule has 0 fully saturated rings. The summed E-state index contributed by atoms with van der Waals surface area (Å²) in [5.41, 5.74) is 7.13. The van der Waals surface area contributed by atoms with Crippen LogP contribution < -0.4 is 10.5 Å². The summed E-state index contributed by atoms with van der Waals surface area (Å²) in [5.74, 6) is 0.582. The number of benzene rings is 1. The quantitative estimate of drug-likeness (QED) is 0.381. The van der Waals surface area contributed by atoms with Crippen LogP contribution in [0.5, 0.6) is 5.75 Å². The van der Waals surface area contributed by atoms with E-state index >= 15 is 0 Å². The summed E-state index contributed by atoms with van der Waals surface area (Å²) in [6, 6.07) is 11.1. The van der Waals surface area contributed by atoms with Crippen LogP contribution in [0.4, 0.5) is 0 Å². The van der Waals surface area contributed by atoms with Crippen molar-refractivity contribution in [3.8, 4) is 5.75 Å². The predicted octanol–water partition coefficient (Wildman–Crippen LogP) is 2.56. The number of hydrogen-bond acceptors (Lipinski definition) is 4. The minimum atomic E-state index is 0.0131. The molecule has 0 unspecified atom stereocenters. The number of halogens is 1. The second-order valence-corrected chi connectivity index (χ2v) is 4.96. The van der Waals surface area contributed by atoms with Crippen LogP contribution in [-0.2, 0) is 6.42 Å². The SMILES string of the molecule is N/C(=N/O)c1cc(Br)ccc1OCCc1ccccn1. The average Bonchev–Trinajstić information content (AvgIpc) is 2.49. The summed E-state index contributed by atoms with van der Waals surface area (Å²) >= 11 is 3.34. The van der Waals surface area contributed by atoms with E-state index in [1.165, 1.54) is 0 Å². The van der Waals surface area contributed by atoms with Crippen LogP contribution in [0.2, 0.25) is 0 Å². The average molecular weight is 336 g/mol. The number of rotatable bonds is 5. The molecule has 0 spiro atoms. The van der Waals surface area contributed by atoms with Crippen molar-refractivity contribution in [1.29, 1.82) is 0 Å². The van der Waals surface area contributed by atoms with Gasteiger partial charge in [-0.15, -0.1) is 0 Å². The van der Waals surface area contributed by atoms with Gasteiger partial charge in [-0.2, -0.15) is 0 Å². The highest BCUT2D eigenvalue weighted by Crippen LogP contribution is 2.23. The molecule has 0 radical (unpaired) electrons. The Morgan fingerprint density at radius 1 is 1.35 bits per heavy atom. The highest BCUT2D eigenvalue weighted by molar-refractivity contribution is 9.10. The molecule has 0 aliphatic heterocycles. The number of amidine groups is 1. The second-order valence-electron chi connectivity index (χ2n) is 4.05. The molecule has 0 saturated heterocycles. The Morgan fingerprint density at radius 2 is 2.20 bits per heavy atom. The van der Waals surface area contributed by atoms with Gasteiger partial charge in [-0.25, -0.2) is 0 Å². The van der Waals surface area contributed by atoms with Crippen molar-refractivity contribution in [3.05, 3.63) is 58.3 Å². The molecule has 0 bridgehead atoms. The molecule has 3 N–H and O–H groups in total. The smallest absolute Gasteiger partial charge is 0.173 e. The van der Waals surface area contributed by atoms with Gasteiger partial charge in [0.15, 0.2) is 5.84 Å². The van der Waals surface area contributed by atoms with Gasteiger partial charge in [0.1, 0.15) is 5.75 Å². The molecule has 0 saturated carbocycles. The lowest BCUT2D eigenvalue weighted by Gasteiger charge is -2.11. The normalized spacial score (nSPS) is 11.3. The summed E-state index contributed by atoms with van der Waals surface area (Å²) in [6.45, 7) is 0.463. The third-order valence-corrected chi connectivity index (χ3v) is 3.16. The van der Waals surface area contributed by atoms with Crippen molar-refractivity contribution >= 4 is 21.8 Å². The molecule has 0 atom stereocenters. The van der Waals surface area contributed by atoms with Gasteiger partial charge < -0.3 is 15.7 Å². The molecule has 1 aromatic carbocycles. The first-order chi connectivity index (χ1) is 9.70. The van der Waals surface area contributed by atoms with E-state index in [0.717, 1.165) is 10.2 Å². The lowest BCUT2D eigenvalue weighted by Crippen LogP contribution is -2.15. The number of hydrogen-bond donors (Lipinski definition) is 2. The van der Waals surface area contributed by atoms with Crippen molar-refractivity contribution < 1.29 is 9.94 Å². The maximum Gasteiger partial charge on any atom is 0.173 e. The predicted molar refractivity (Wildman–Crippen MR) is 80.1 cm³/mol. The molecule has 104 valence electrons. The summed E-state index contributed by atoms with van der Waals surface area (Å²) in [5, 5.41) is 11.8. The Morgan fingerprint density at radius 3 is 2.90 bits per heavy atom. The summed E-state index contributed by atoms with van der Waals surface area (Å²) in [6.07, 6.45) is 2.43. The molecule has 0 amide bonds. The van der Waals surface area contributed by atoms with E-state index in [4.69, 9.17) is 15.7 Å². The zero-order valence-electron chi connectivity index (χ0n) is 10.7. The molecule has 0 aliphatic rings. The zero-order valence-corrected chi connectivity index (χ0v) is 12.2. The van der Waals surface area contributed by atoms with Crippen LogP contribution in [-0.4, -0.2) is 22.6 Å². The van der Waals surface area contributed by atoms with Crippen LogP contribution >= 0.6 is 15.9 Å². The number of nitrogens with zero attached hydrogens (tertiary/aromatic N) is 2. The molecule has 1 heterocycles. The van der Waals surface area contributed by atoms with Crippen LogP contribution in [0, 0.1) is 0 Å². The lowest BCUT2D eigenvalue weighted by molar-refractivity contribution is 0.313. The summed E-state index contributed by atoms with van der Waals surface area (Å²) in [4.78, 5) is 4.22. The first kappa shape index (κ1) is 14.3. The molecule has 0 aliphatic carbocycles. The van der Waals surface area contributed by atoms with Gasteiger partial charge in [-0.3, -0.25) is 4.98 Å². The number of ether oxygens (including phenoxy) is 1. The van der Waals surface area contributed by atoms with E-state index in [1.54, 1.807) is 18.3 Å². The second kappa shape index (κ2) is 6.91. The van der Waals surface area contributed by atoms with Crippen molar-refractivity contribution in [2.24, 2.45) is 10.9 Å². The lowest BCUT2D eigenvalue weighted by atomic mass is 10.2. The van der Waals surface area contributed by atoms with Crippen LogP contribution in [0.3, 0.4) is 0 Å². The minimum Gasteiger partial charge on any atom is -0.492 e. The Kier molecular flexibility index (Phi) is 4.95. The van der Waals surface area contributed by atoms with Gasteiger partial charge >= 0.3 is 0 Å². The van der Waals surface area contributed by atoms with Crippen LogP contribution in [0.15, 0.2) is 52.2 Å². The van der Waals surface area contributed by atoms with Crippen molar-refractivity contribution in [2.75, 3.05) is 6.61 Å². The van der Waals surface area contributed by atoms with E-state index in [9.17, 15) is 0 Å². The van der Waals surface area contributed by atoms with Crippen molar-refractivity contribution in [2.45, 2.75) is 6.42 Å². The Balaban J connectivity index is 2.06. The molecule has 6 heteroatoms. The number of nitrogens with two attached hydrogens (primary N) is 1. The standard InChI is InChI=1S/C14H14BrN3O2/c15-10-4-5-13(12(9-10)14(16)18-19)20-8-6-11-3-1-2-7-17-11/h1-5,7,9,19H,6,8H2,(H2,16,18). The fourth-order valence-corrected chi connectivity index (χ4v) is 2.05. The van der Waals surface area contributed by atoms with Gasteiger partial charge in [0.25, 0.3) is 0 Å². The summed E-state index contributed by atoms with van der Waals surface area (Å²) in [7, 11) is 0. The molecular formula is C14H14BrN3O2. The maximum absolute atomic E-state index is 8.79. The molecular weight excluding hydrogens is 322 g/mol. The van der Waals surface area contributed by atoms with Gasteiger partial charge in [-0.05, 0) is 30.3 Å². The van der Waals surface area contributed by atoms with Gasteiger partial charge in [-0.1, -0.05) is 27.2 Å². The molecule has 1 aromatic heterocycles. The third kappa shape index (κ3) is 3.71. The fraction of sp³-hybridized carbons (Fsp3) is 0.143. The molecule has 5 nitrogen and oxygen atoms in total. The fourth-order valence-electron chi connectivity index (χ4n) is 1.69. The zero-order chi connectivity index (χ0) is 14.4. The van der Waals surface area contributed by atoms with Gasteiger partial charge in [0.05, 0.1) is 12.2 Å². The molecule has 2 aromatic rings. The Bertz CT molecular complexity index is 603. The Labute approximate surface area is 125 Å². The maximum atomic E-state index is 8.79. The highest BCUT2D eigenvalue weighted by atomic mass is 79.9. The highest BCUT2D eigenvalue weighted by Gasteiger charge is 2.09. The molecule has 2 rings (SSSR count). The first-order valence-corrected chi connectivity index (χ1v) is 6.80. The van der Waals surface area contributed by atoms with E-state index in [1.807, 2.05) is 24.3 Å². The van der Waals surface area contributed by atoms with Crippen molar-refractivity contribution in [3.63, 3.8) is 0 Å². The number of oxime groups is 1. The molecule has 20 heavy (non-hydrogen) atoms. The first-order valence-electron chi connectivity index (χ1n) is 6.01. The monoisotopic (exact) mass is 335 g/mol. The number of pyridine rings is 1. The Hall–Kier alpha value is -2.08. The van der Waals surface area contributed by atoms with E-state index in [2.05, 4.69) is 26.1 Å². The van der Waals surface area contributed by atoms with Crippen molar-refractivity contribution in [1.82, 2.24) is 4.98 Å². The van der Waals surface area contributed by atoms with Gasteiger partial charge in [0.2, 0.25) is 0 Å². The minimum absolute atomic E-state index is 0.0131. The van der Waals surface area contributed by atoms with E-state index < -0.39 is 0 Å². The summed E-state index contributed by atoms with van der Waals surface area (Å²) < 4.78 is 6.52.